The van der Waals surface area contributed by atoms with E-state index in [0.717, 1.165) is 22.5 Å². The van der Waals surface area contributed by atoms with Crippen molar-refractivity contribution in [2.45, 2.75) is 26.8 Å². The van der Waals surface area contributed by atoms with Gasteiger partial charge in [0.25, 0.3) is 0 Å². The first-order valence-corrected chi connectivity index (χ1v) is 8.42. The van der Waals surface area contributed by atoms with E-state index < -0.39 is 0 Å². The van der Waals surface area contributed by atoms with Crippen LogP contribution in [-0.4, -0.2) is 30.3 Å². The first kappa shape index (κ1) is 18.5. The highest BCUT2D eigenvalue weighted by atomic mass is 16.2. The molecule has 2 aromatic carbocycles. The Morgan fingerprint density at radius 3 is 2.48 bits per heavy atom. The van der Waals surface area contributed by atoms with Gasteiger partial charge in [-0.05, 0) is 30.2 Å². The van der Waals surface area contributed by atoms with E-state index in [0.29, 0.717) is 13.0 Å². The summed E-state index contributed by atoms with van der Waals surface area (Å²) in [6.45, 7) is 4.53. The van der Waals surface area contributed by atoms with Gasteiger partial charge in [-0.2, -0.15) is 0 Å². The molecule has 0 aliphatic rings. The second-order valence-corrected chi connectivity index (χ2v) is 6.02. The van der Waals surface area contributed by atoms with Gasteiger partial charge < -0.3 is 15.5 Å². The number of anilines is 2. The third-order valence-corrected chi connectivity index (χ3v) is 3.96. The topological polar surface area (TPSA) is 61.4 Å². The summed E-state index contributed by atoms with van der Waals surface area (Å²) >= 11 is 0. The van der Waals surface area contributed by atoms with Crippen LogP contribution in [0, 0.1) is 6.92 Å². The van der Waals surface area contributed by atoms with Gasteiger partial charge in [-0.15, -0.1) is 0 Å². The van der Waals surface area contributed by atoms with Gasteiger partial charge in [0.2, 0.25) is 11.8 Å². The van der Waals surface area contributed by atoms with Gasteiger partial charge in [0.15, 0.2) is 0 Å². The molecule has 0 aliphatic carbocycles. The van der Waals surface area contributed by atoms with Gasteiger partial charge >= 0.3 is 0 Å². The van der Waals surface area contributed by atoms with Crippen molar-refractivity contribution in [1.29, 1.82) is 0 Å². The lowest BCUT2D eigenvalue weighted by Crippen LogP contribution is -2.31. The zero-order valence-electron chi connectivity index (χ0n) is 15.0. The highest BCUT2D eigenvalue weighted by molar-refractivity contribution is 5.92. The highest BCUT2D eigenvalue weighted by Crippen LogP contribution is 2.20. The lowest BCUT2D eigenvalue weighted by molar-refractivity contribution is -0.128. The van der Waals surface area contributed by atoms with Gasteiger partial charge in [0, 0.05) is 31.4 Å². The first-order chi connectivity index (χ1) is 12.0. The quantitative estimate of drug-likeness (QED) is 0.812. The summed E-state index contributed by atoms with van der Waals surface area (Å²) < 4.78 is 0. The van der Waals surface area contributed by atoms with Crippen LogP contribution in [0.4, 0.5) is 11.4 Å². The van der Waals surface area contributed by atoms with Gasteiger partial charge in [-0.3, -0.25) is 9.59 Å². The molecule has 0 heterocycles. The van der Waals surface area contributed by atoms with Crippen molar-refractivity contribution in [3.05, 3.63) is 59.7 Å². The fourth-order valence-corrected chi connectivity index (χ4v) is 2.36. The number of aryl methyl sites for hydroxylation is 1. The normalized spacial score (nSPS) is 10.2. The van der Waals surface area contributed by atoms with E-state index in [-0.39, 0.29) is 18.4 Å². The van der Waals surface area contributed by atoms with Crippen LogP contribution in [0.1, 0.15) is 24.5 Å². The first-order valence-electron chi connectivity index (χ1n) is 8.42. The van der Waals surface area contributed by atoms with E-state index in [9.17, 15) is 9.59 Å². The standard InChI is InChI=1S/C20H25N3O2/c1-4-19(24)22-18-12-17(11-10-15(18)2)21-13-20(25)23(3)14-16-8-6-5-7-9-16/h5-12,21H,4,13-14H2,1-3H3,(H,22,24). The van der Waals surface area contributed by atoms with Gasteiger partial charge in [0.1, 0.15) is 0 Å². The van der Waals surface area contributed by atoms with Crippen molar-refractivity contribution in [3.63, 3.8) is 0 Å². The molecule has 0 fully saturated rings. The monoisotopic (exact) mass is 339 g/mol. The minimum absolute atomic E-state index is 0.00331. The number of nitrogens with one attached hydrogen (secondary N) is 2. The highest BCUT2D eigenvalue weighted by Gasteiger charge is 2.10. The maximum absolute atomic E-state index is 12.3. The fourth-order valence-electron chi connectivity index (χ4n) is 2.36. The van der Waals surface area contributed by atoms with Crippen LogP contribution in [-0.2, 0) is 16.1 Å². The van der Waals surface area contributed by atoms with Gasteiger partial charge in [0.05, 0.1) is 6.54 Å². The Hall–Kier alpha value is -2.82. The average molecular weight is 339 g/mol. The molecular formula is C20H25N3O2. The zero-order valence-corrected chi connectivity index (χ0v) is 15.0. The molecule has 0 unspecified atom stereocenters. The van der Waals surface area contributed by atoms with E-state index in [1.165, 1.54) is 0 Å². The Morgan fingerprint density at radius 2 is 1.80 bits per heavy atom. The Labute approximate surface area is 149 Å². The summed E-state index contributed by atoms with van der Waals surface area (Å²) in [5, 5.41) is 6.00. The number of rotatable bonds is 7. The van der Waals surface area contributed by atoms with E-state index in [4.69, 9.17) is 0 Å². The molecular weight excluding hydrogens is 314 g/mol. The molecule has 2 N–H and O–H groups in total. The number of amides is 2. The number of carbonyl (C=O) groups is 2. The number of hydrogen-bond acceptors (Lipinski definition) is 3. The molecule has 5 heteroatoms. The van der Waals surface area contributed by atoms with Crippen LogP contribution in [0.25, 0.3) is 0 Å². The molecule has 2 rings (SSSR count). The van der Waals surface area contributed by atoms with E-state index >= 15 is 0 Å². The van der Waals surface area contributed by atoms with Crippen molar-refractivity contribution in [2.24, 2.45) is 0 Å². The number of carbonyl (C=O) groups excluding carboxylic acids is 2. The maximum Gasteiger partial charge on any atom is 0.241 e. The van der Waals surface area contributed by atoms with Crippen molar-refractivity contribution < 1.29 is 9.59 Å². The van der Waals surface area contributed by atoms with Crippen LogP contribution in [0.2, 0.25) is 0 Å². The summed E-state index contributed by atoms with van der Waals surface area (Å²) in [5.41, 5.74) is 3.65. The van der Waals surface area contributed by atoms with E-state index in [1.807, 2.05) is 62.4 Å². The van der Waals surface area contributed by atoms with Crippen molar-refractivity contribution in [3.8, 4) is 0 Å². The van der Waals surface area contributed by atoms with Crippen LogP contribution in [0.15, 0.2) is 48.5 Å². The lowest BCUT2D eigenvalue weighted by Gasteiger charge is -2.18. The van der Waals surface area contributed by atoms with Crippen LogP contribution in [0.5, 0.6) is 0 Å². The minimum atomic E-state index is -0.0288. The molecule has 2 amide bonds. The number of nitrogens with zero attached hydrogens (tertiary/aromatic N) is 1. The Balaban J connectivity index is 1.92. The maximum atomic E-state index is 12.3. The van der Waals surface area contributed by atoms with Gasteiger partial charge in [-0.25, -0.2) is 0 Å². The molecule has 0 bridgehead atoms. The SMILES string of the molecule is CCC(=O)Nc1cc(NCC(=O)N(C)Cc2ccccc2)ccc1C. The molecule has 0 atom stereocenters. The van der Waals surface area contributed by atoms with Crippen LogP contribution < -0.4 is 10.6 Å². The molecule has 0 saturated heterocycles. The number of benzene rings is 2. The zero-order chi connectivity index (χ0) is 18.2. The largest absolute Gasteiger partial charge is 0.376 e. The molecule has 2 aromatic rings. The van der Waals surface area contributed by atoms with Gasteiger partial charge in [-0.1, -0.05) is 43.3 Å². The van der Waals surface area contributed by atoms with Crippen molar-refractivity contribution in [1.82, 2.24) is 4.90 Å². The molecule has 132 valence electrons. The number of likely N-dealkylation sites (N-methyl/N-ethyl adjacent to an activating group) is 1. The fraction of sp³-hybridized carbons (Fsp3) is 0.300. The molecule has 0 aliphatic heterocycles. The second kappa shape index (κ2) is 8.87. The van der Waals surface area contributed by atoms with Crippen molar-refractivity contribution >= 4 is 23.2 Å². The predicted octanol–water partition coefficient (Wildman–Crippen LogP) is 3.41. The summed E-state index contributed by atoms with van der Waals surface area (Å²) in [6.07, 6.45) is 0.430. The van der Waals surface area contributed by atoms with Crippen molar-refractivity contribution in [2.75, 3.05) is 24.2 Å². The van der Waals surface area contributed by atoms with E-state index in [1.54, 1.807) is 11.9 Å². The number of hydrogen-bond donors (Lipinski definition) is 2. The molecule has 0 radical (unpaired) electrons. The predicted molar refractivity (Wildman–Crippen MR) is 102 cm³/mol. The summed E-state index contributed by atoms with van der Waals surface area (Å²) in [7, 11) is 1.79. The average Bonchev–Trinajstić information content (AvgIpc) is 2.62. The Morgan fingerprint density at radius 1 is 1.08 bits per heavy atom. The van der Waals surface area contributed by atoms with Crippen LogP contribution in [0.3, 0.4) is 0 Å². The smallest absolute Gasteiger partial charge is 0.241 e. The lowest BCUT2D eigenvalue weighted by atomic mass is 10.1. The molecule has 0 spiro atoms. The second-order valence-electron chi connectivity index (χ2n) is 6.02. The Bertz CT molecular complexity index is 729. The van der Waals surface area contributed by atoms with Crippen LogP contribution >= 0.6 is 0 Å². The Kier molecular flexibility index (Phi) is 6.57. The molecule has 0 saturated carbocycles. The minimum Gasteiger partial charge on any atom is -0.376 e. The summed E-state index contributed by atoms with van der Waals surface area (Å²) in [6, 6.07) is 15.6. The molecule has 25 heavy (non-hydrogen) atoms. The summed E-state index contributed by atoms with van der Waals surface area (Å²) in [5.74, 6) is -0.0255. The third kappa shape index (κ3) is 5.64. The molecule has 0 aromatic heterocycles. The molecule has 5 nitrogen and oxygen atoms in total. The van der Waals surface area contributed by atoms with E-state index in [2.05, 4.69) is 10.6 Å². The summed E-state index contributed by atoms with van der Waals surface area (Å²) in [4.78, 5) is 25.6. The third-order valence-electron chi connectivity index (χ3n) is 3.96.